The van der Waals surface area contributed by atoms with Gasteiger partial charge in [0.1, 0.15) is 0 Å². The number of carbonyl (C=O) groups is 1. The van der Waals surface area contributed by atoms with E-state index < -0.39 is 0 Å². The normalized spacial score (nSPS) is 17.9. The number of hydrogen-bond acceptors (Lipinski definition) is 2. The molecule has 1 fully saturated rings. The van der Waals surface area contributed by atoms with Crippen molar-refractivity contribution in [2.24, 2.45) is 5.92 Å². The Morgan fingerprint density at radius 3 is 2.28 bits per heavy atom. The molecule has 1 rings (SSSR count). The highest BCUT2D eigenvalue weighted by molar-refractivity contribution is 5.79. The number of nitrogens with zero attached hydrogens (tertiary/aromatic N) is 2. The maximum Gasteiger partial charge on any atom is 0.225 e. The van der Waals surface area contributed by atoms with Crippen molar-refractivity contribution in [2.45, 2.75) is 71.3 Å². The maximum absolute atomic E-state index is 12.5. The summed E-state index contributed by atoms with van der Waals surface area (Å²) in [5.74, 6) is 0.480. The first-order valence-corrected chi connectivity index (χ1v) is 7.34. The molecule has 1 saturated carbocycles. The average Bonchev–Trinajstić information content (AvgIpc) is 2.28. The molecule has 0 atom stereocenters. The summed E-state index contributed by atoms with van der Waals surface area (Å²) in [6, 6.07) is 2.34. The van der Waals surface area contributed by atoms with Gasteiger partial charge in [-0.25, -0.2) is 0 Å². The van der Waals surface area contributed by atoms with Crippen LogP contribution in [0.5, 0.6) is 0 Å². The molecule has 1 amide bonds. The van der Waals surface area contributed by atoms with Crippen LogP contribution in [-0.2, 0) is 4.79 Å². The van der Waals surface area contributed by atoms with Gasteiger partial charge in [0.15, 0.2) is 0 Å². The van der Waals surface area contributed by atoms with Gasteiger partial charge in [0.05, 0.1) is 12.5 Å². The summed E-state index contributed by atoms with van der Waals surface area (Å²) in [6.45, 7) is 4.67. The zero-order valence-electron chi connectivity index (χ0n) is 11.8. The second-order valence-electron chi connectivity index (χ2n) is 5.58. The zero-order chi connectivity index (χ0) is 13.4. The molecular weight excluding hydrogens is 224 g/mol. The molecule has 3 heteroatoms. The van der Waals surface area contributed by atoms with Crippen molar-refractivity contribution in [3.8, 4) is 6.07 Å². The summed E-state index contributed by atoms with van der Waals surface area (Å²) in [4.78, 5) is 14.4. The van der Waals surface area contributed by atoms with E-state index in [1.807, 2.05) is 18.7 Å². The second kappa shape index (κ2) is 8.13. The van der Waals surface area contributed by atoms with E-state index in [-0.39, 0.29) is 17.9 Å². The first-order chi connectivity index (χ1) is 8.66. The van der Waals surface area contributed by atoms with Crippen molar-refractivity contribution in [1.29, 1.82) is 5.26 Å². The largest absolute Gasteiger partial charge is 0.339 e. The lowest BCUT2D eigenvalue weighted by molar-refractivity contribution is -0.137. The van der Waals surface area contributed by atoms with Crippen LogP contribution in [0.1, 0.15) is 65.2 Å². The van der Waals surface area contributed by atoms with Crippen LogP contribution in [0.3, 0.4) is 0 Å². The summed E-state index contributed by atoms with van der Waals surface area (Å²) < 4.78 is 0. The monoisotopic (exact) mass is 250 g/mol. The van der Waals surface area contributed by atoms with E-state index in [1.54, 1.807) is 0 Å². The Balaban J connectivity index is 2.59. The Labute approximate surface area is 111 Å². The summed E-state index contributed by atoms with van der Waals surface area (Å²) in [5, 5.41) is 8.68. The molecule has 18 heavy (non-hydrogen) atoms. The first-order valence-electron chi connectivity index (χ1n) is 7.34. The van der Waals surface area contributed by atoms with E-state index in [4.69, 9.17) is 5.26 Å². The molecule has 102 valence electrons. The lowest BCUT2D eigenvalue weighted by Crippen LogP contribution is -2.41. The van der Waals surface area contributed by atoms with E-state index in [1.165, 1.54) is 32.1 Å². The predicted molar refractivity (Wildman–Crippen MR) is 72.9 cm³/mol. The number of rotatable bonds is 4. The third-order valence-corrected chi connectivity index (χ3v) is 3.83. The minimum absolute atomic E-state index is 0.200. The Morgan fingerprint density at radius 2 is 1.78 bits per heavy atom. The number of amides is 1. The topological polar surface area (TPSA) is 44.1 Å². The minimum Gasteiger partial charge on any atom is -0.339 e. The van der Waals surface area contributed by atoms with E-state index >= 15 is 0 Å². The van der Waals surface area contributed by atoms with Crippen LogP contribution >= 0.6 is 0 Å². The van der Waals surface area contributed by atoms with Crippen LogP contribution in [0.4, 0.5) is 0 Å². The molecule has 1 aliphatic carbocycles. The maximum atomic E-state index is 12.5. The van der Waals surface area contributed by atoms with Gasteiger partial charge in [-0.15, -0.1) is 0 Å². The molecule has 1 aliphatic rings. The molecule has 0 bridgehead atoms. The molecule has 0 saturated heterocycles. The Hall–Kier alpha value is -1.04. The van der Waals surface area contributed by atoms with Crippen LogP contribution in [0.25, 0.3) is 0 Å². The van der Waals surface area contributed by atoms with Crippen LogP contribution in [-0.4, -0.2) is 23.4 Å². The third-order valence-electron chi connectivity index (χ3n) is 3.83. The Morgan fingerprint density at radius 1 is 1.22 bits per heavy atom. The van der Waals surface area contributed by atoms with Gasteiger partial charge in [-0.1, -0.05) is 32.1 Å². The third kappa shape index (κ3) is 4.68. The molecule has 0 heterocycles. The minimum atomic E-state index is 0.200. The zero-order valence-corrected chi connectivity index (χ0v) is 11.8. The van der Waals surface area contributed by atoms with E-state index in [0.29, 0.717) is 13.0 Å². The molecule has 0 aromatic heterocycles. The standard InChI is InChI=1S/C15H26N2O/c1-13(2)17(12-8-11-16)15(18)14-9-6-4-3-5-7-10-14/h13-14H,3-10,12H2,1-2H3. The van der Waals surface area contributed by atoms with Crippen LogP contribution in [0.2, 0.25) is 0 Å². The lowest BCUT2D eigenvalue weighted by Gasteiger charge is -2.31. The van der Waals surface area contributed by atoms with E-state index in [0.717, 1.165) is 12.8 Å². The summed E-state index contributed by atoms with van der Waals surface area (Å²) in [5.41, 5.74) is 0. The van der Waals surface area contributed by atoms with E-state index in [9.17, 15) is 4.79 Å². The number of carbonyl (C=O) groups excluding carboxylic acids is 1. The molecular formula is C15H26N2O. The van der Waals surface area contributed by atoms with Gasteiger partial charge in [0.2, 0.25) is 5.91 Å². The highest BCUT2D eigenvalue weighted by atomic mass is 16.2. The van der Waals surface area contributed by atoms with Gasteiger partial charge in [-0.2, -0.15) is 5.26 Å². The highest BCUT2D eigenvalue weighted by Gasteiger charge is 2.25. The molecule has 0 aromatic carbocycles. The SMILES string of the molecule is CC(C)N(CCC#N)C(=O)C1CCCCCCC1. The van der Waals surface area contributed by atoms with Crippen LogP contribution in [0, 0.1) is 17.2 Å². The molecule has 0 N–H and O–H groups in total. The number of hydrogen-bond donors (Lipinski definition) is 0. The molecule has 0 radical (unpaired) electrons. The highest BCUT2D eigenvalue weighted by Crippen LogP contribution is 2.24. The van der Waals surface area contributed by atoms with Gasteiger partial charge in [-0.05, 0) is 26.7 Å². The molecule has 0 aromatic rings. The fourth-order valence-electron chi connectivity index (χ4n) is 2.73. The lowest BCUT2D eigenvalue weighted by atomic mass is 9.90. The Kier molecular flexibility index (Phi) is 6.78. The molecule has 0 aliphatic heterocycles. The second-order valence-corrected chi connectivity index (χ2v) is 5.58. The van der Waals surface area contributed by atoms with Crippen molar-refractivity contribution in [2.75, 3.05) is 6.54 Å². The fourth-order valence-corrected chi connectivity index (χ4v) is 2.73. The van der Waals surface area contributed by atoms with Crippen molar-refractivity contribution in [3.05, 3.63) is 0 Å². The van der Waals surface area contributed by atoms with Gasteiger partial charge < -0.3 is 4.90 Å². The van der Waals surface area contributed by atoms with Crippen molar-refractivity contribution < 1.29 is 4.79 Å². The summed E-state index contributed by atoms with van der Waals surface area (Å²) in [7, 11) is 0. The van der Waals surface area contributed by atoms with Gasteiger partial charge >= 0.3 is 0 Å². The smallest absolute Gasteiger partial charge is 0.225 e. The van der Waals surface area contributed by atoms with Crippen LogP contribution < -0.4 is 0 Å². The van der Waals surface area contributed by atoms with Crippen molar-refractivity contribution in [1.82, 2.24) is 4.90 Å². The quantitative estimate of drug-likeness (QED) is 0.766. The van der Waals surface area contributed by atoms with E-state index in [2.05, 4.69) is 6.07 Å². The molecule has 3 nitrogen and oxygen atoms in total. The molecule has 0 spiro atoms. The van der Waals surface area contributed by atoms with Crippen molar-refractivity contribution >= 4 is 5.91 Å². The van der Waals surface area contributed by atoms with Gasteiger partial charge in [0, 0.05) is 18.5 Å². The number of nitriles is 1. The predicted octanol–water partition coefficient (Wildman–Crippen LogP) is 3.50. The fraction of sp³-hybridized carbons (Fsp3) is 0.867. The van der Waals surface area contributed by atoms with Crippen LogP contribution in [0.15, 0.2) is 0 Å². The average molecular weight is 250 g/mol. The summed E-state index contributed by atoms with van der Waals surface area (Å²) in [6.07, 6.45) is 8.73. The van der Waals surface area contributed by atoms with Crippen molar-refractivity contribution in [3.63, 3.8) is 0 Å². The summed E-state index contributed by atoms with van der Waals surface area (Å²) >= 11 is 0. The Bertz CT molecular complexity index is 285. The molecule has 0 unspecified atom stereocenters. The van der Waals surface area contributed by atoms with Gasteiger partial charge in [-0.3, -0.25) is 4.79 Å². The first kappa shape index (κ1) is 15.0. The van der Waals surface area contributed by atoms with Gasteiger partial charge in [0.25, 0.3) is 0 Å².